The number of aromatic nitrogens is 1. The number of pyridine rings is 1. The molecule has 1 amide bonds. The van der Waals surface area contributed by atoms with Crippen LogP contribution < -0.4 is 15.4 Å². The smallest absolute Gasteiger partial charge is 0.335 e. The van der Waals surface area contributed by atoms with Crippen LogP contribution in [0.3, 0.4) is 0 Å². The van der Waals surface area contributed by atoms with Crippen molar-refractivity contribution in [2.75, 3.05) is 30.4 Å². The van der Waals surface area contributed by atoms with E-state index in [2.05, 4.69) is 15.6 Å². The summed E-state index contributed by atoms with van der Waals surface area (Å²) in [4.78, 5) is 29.0. The van der Waals surface area contributed by atoms with Gasteiger partial charge in [0, 0.05) is 41.3 Å². The molecule has 1 atom stereocenters. The zero-order valence-corrected chi connectivity index (χ0v) is 24.4. The third kappa shape index (κ3) is 8.01. The summed E-state index contributed by atoms with van der Waals surface area (Å²) in [5, 5.41) is 16.3. The van der Waals surface area contributed by atoms with Gasteiger partial charge in [0.1, 0.15) is 12.4 Å². The van der Waals surface area contributed by atoms with E-state index in [1.807, 2.05) is 0 Å². The molecule has 43 heavy (non-hydrogen) atoms. The van der Waals surface area contributed by atoms with Gasteiger partial charge in [0.05, 0.1) is 40.7 Å². The maximum absolute atomic E-state index is 14.1. The lowest BCUT2D eigenvalue weighted by molar-refractivity contribution is -0.115. The molecule has 0 unspecified atom stereocenters. The number of nitrogens with one attached hydrogen (secondary N) is 2. The number of carboxylic acid groups (broad SMARTS) is 1. The zero-order valence-electron chi connectivity index (χ0n) is 22.9. The van der Waals surface area contributed by atoms with Crippen molar-refractivity contribution in [2.45, 2.75) is 19.4 Å². The van der Waals surface area contributed by atoms with Gasteiger partial charge in [0.15, 0.2) is 0 Å². The van der Waals surface area contributed by atoms with E-state index in [-0.39, 0.29) is 24.5 Å². The number of nitrogens with zero attached hydrogens (tertiary/aromatic N) is 1. The van der Waals surface area contributed by atoms with Gasteiger partial charge in [-0.15, -0.1) is 0 Å². The lowest BCUT2D eigenvalue weighted by atomic mass is 10.1. The maximum atomic E-state index is 14.1. The van der Waals surface area contributed by atoms with Crippen LogP contribution in [-0.2, 0) is 22.6 Å². The highest BCUT2D eigenvalue weighted by atomic mass is 35.5. The van der Waals surface area contributed by atoms with E-state index < -0.39 is 11.8 Å². The number of carbonyl (C=O) groups excluding carboxylic acids is 1. The summed E-state index contributed by atoms with van der Waals surface area (Å²) < 4.78 is 25.2. The Labute approximate surface area is 257 Å². The van der Waals surface area contributed by atoms with Crippen LogP contribution >= 0.6 is 23.2 Å². The van der Waals surface area contributed by atoms with Crippen LogP contribution in [0.5, 0.6) is 5.88 Å². The highest BCUT2D eigenvalue weighted by Gasteiger charge is 2.18. The Morgan fingerprint density at radius 2 is 1.91 bits per heavy atom. The Balaban J connectivity index is 1.24. The molecule has 4 aromatic rings. The van der Waals surface area contributed by atoms with Crippen LogP contribution in [0, 0.1) is 11.7 Å². The summed E-state index contributed by atoms with van der Waals surface area (Å²) >= 11 is 12.4. The molecule has 1 aliphatic heterocycles. The van der Waals surface area contributed by atoms with Crippen molar-refractivity contribution in [2.24, 2.45) is 5.92 Å². The first-order valence-corrected chi connectivity index (χ1v) is 14.3. The molecule has 2 heterocycles. The first-order chi connectivity index (χ1) is 20.7. The number of amides is 1. The fraction of sp³-hybridized carbons (Fsp3) is 0.219. The molecule has 222 valence electrons. The summed E-state index contributed by atoms with van der Waals surface area (Å²) in [6.45, 7) is 1.92. The molecule has 1 aliphatic rings. The van der Waals surface area contributed by atoms with E-state index in [4.69, 9.17) is 32.7 Å². The Kier molecular flexibility index (Phi) is 9.76. The van der Waals surface area contributed by atoms with Crippen molar-refractivity contribution in [3.63, 3.8) is 0 Å². The Morgan fingerprint density at radius 3 is 2.65 bits per heavy atom. The number of rotatable bonds is 11. The van der Waals surface area contributed by atoms with Gasteiger partial charge in [-0.25, -0.2) is 14.2 Å². The third-order valence-electron chi connectivity index (χ3n) is 6.93. The Bertz CT molecular complexity index is 1650. The molecule has 1 aromatic heterocycles. The number of carbonyl (C=O) groups is 2. The summed E-state index contributed by atoms with van der Waals surface area (Å²) in [6.07, 6.45) is 0.958. The number of ether oxygens (including phenoxy) is 2. The zero-order chi connectivity index (χ0) is 30.3. The quantitative estimate of drug-likeness (QED) is 0.163. The van der Waals surface area contributed by atoms with Crippen LogP contribution in [0.25, 0.3) is 11.3 Å². The van der Waals surface area contributed by atoms with Crippen molar-refractivity contribution < 1.29 is 28.6 Å². The van der Waals surface area contributed by atoms with Crippen LogP contribution in [0.15, 0.2) is 72.8 Å². The minimum atomic E-state index is -1.05. The number of benzene rings is 3. The van der Waals surface area contributed by atoms with Gasteiger partial charge in [-0.1, -0.05) is 47.5 Å². The lowest BCUT2D eigenvalue weighted by Gasteiger charge is -2.16. The van der Waals surface area contributed by atoms with Gasteiger partial charge < -0.3 is 25.2 Å². The average molecular weight is 624 g/mol. The monoisotopic (exact) mass is 623 g/mol. The highest BCUT2D eigenvalue weighted by Crippen LogP contribution is 2.30. The molecular weight excluding hydrogens is 596 g/mol. The molecule has 3 aromatic carbocycles. The lowest BCUT2D eigenvalue weighted by Crippen LogP contribution is -2.19. The molecule has 11 heteroatoms. The van der Waals surface area contributed by atoms with Crippen LogP contribution in [0.4, 0.5) is 15.8 Å². The maximum Gasteiger partial charge on any atom is 0.335 e. The van der Waals surface area contributed by atoms with Crippen molar-refractivity contribution in [3.8, 4) is 17.1 Å². The van der Waals surface area contributed by atoms with Crippen molar-refractivity contribution in [1.29, 1.82) is 0 Å². The summed E-state index contributed by atoms with van der Waals surface area (Å²) in [5.74, 6) is -1.20. The summed E-state index contributed by atoms with van der Waals surface area (Å²) in [5.41, 5.74) is 3.35. The predicted molar refractivity (Wildman–Crippen MR) is 164 cm³/mol. The number of carboxylic acids is 1. The molecule has 1 fully saturated rings. The molecule has 0 spiro atoms. The first-order valence-electron chi connectivity index (χ1n) is 13.6. The van der Waals surface area contributed by atoms with E-state index in [0.717, 1.165) is 6.42 Å². The Hall–Kier alpha value is -4.18. The van der Waals surface area contributed by atoms with Crippen LogP contribution in [0.1, 0.15) is 27.9 Å². The second kappa shape index (κ2) is 13.9. The highest BCUT2D eigenvalue weighted by molar-refractivity contribution is 6.33. The number of hydrogen-bond donors (Lipinski definition) is 3. The van der Waals surface area contributed by atoms with Gasteiger partial charge in [-0.3, -0.25) is 4.79 Å². The molecule has 0 radical (unpaired) electrons. The first kappa shape index (κ1) is 30.3. The molecular formula is C32H28Cl2FN3O5. The van der Waals surface area contributed by atoms with E-state index in [9.17, 15) is 19.1 Å². The topological polar surface area (TPSA) is 110 Å². The molecule has 3 N–H and O–H groups in total. The second-order valence-corrected chi connectivity index (χ2v) is 10.9. The third-order valence-corrected chi connectivity index (χ3v) is 7.48. The van der Waals surface area contributed by atoms with Gasteiger partial charge in [0.25, 0.3) is 0 Å². The van der Waals surface area contributed by atoms with E-state index in [0.29, 0.717) is 75.4 Å². The number of anilines is 2. The van der Waals surface area contributed by atoms with Gasteiger partial charge >= 0.3 is 5.97 Å². The van der Waals surface area contributed by atoms with Gasteiger partial charge in [0.2, 0.25) is 11.8 Å². The van der Waals surface area contributed by atoms with Gasteiger partial charge in [-0.2, -0.15) is 0 Å². The fourth-order valence-electron chi connectivity index (χ4n) is 4.62. The minimum absolute atomic E-state index is 0.0213. The molecule has 0 bridgehead atoms. The number of halogens is 3. The predicted octanol–water partition coefficient (Wildman–Crippen LogP) is 7.10. The largest absolute Gasteiger partial charge is 0.478 e. The SMILES string of the molecule is O=C(Cc1ccc(-c2cccc(OCc3ccc(Cl)cc3F)n2)c(Cl)c1)Nc1ccc(C(=O)O)cc1NC[C@@H]1CCOC1. The molecule has 0 aliphatic carbocycles. The fourth-order valence-corrected chi connectivity index (χ4v) is 5.08. The minimum Gasteiger partial charge on any atom is -0.478 e. The normalized spacial score (nSPS) is 14.3. The molecule has 8 nitrogen and oxygen atoms in total. The van der Waals surface area contributed by atoms with Crippen LogP contribution in [-0.4, -0.2) is 41.7 Å². The van der Waals surface area contributed by atoms with E-state index in [1.54, 1.807) is 54.6 Å². The Morgan fingerprint density at radius 1 is 1.05 bits per heavy atom. The number of aromatic carboxylic acids is 1. The van der Waals surface area contributed by atoms with Crippen molar-refractivity contribution in [1.82, 2.24) is 4.98 Å². The number of hydrogen-bond acceptors (Lipinski definition) is 6. The standard InChI is InChI=1S/C32H28Cl2FN3O5/c33-23-7-5-22(26(35)15-23)18-43-31-3-1-2-27(38-31)24-8-4-19(12-25(24)34)13-30(39)37-28-9-6-21(32(40)41)14-29(28)36-16-20-10-11-42-17-20/h1-9,12,14-15,20,36H,10-11,13,16-18H2,(H,37,39)(H,40,41)/t20-/m0/s1. The van der Waals surface area contributed by atoms with Crippen molar-refractivity contribution >= 4 is 46.5 Å². The van der Waals surface area contributed by atoms with Crippen molar-refractivity contribution in [3.05, 3.63) is 105 Å². The van der Waals surface area contributed by atoms with E-state index >= 15 is 0 Å². The summed E-state index contributed by atoms with van der Waals surface area (Å²) in [7, 11) is 0. The summed E-state index contributed by atoms with van der Waals surface area (Å²) in [6, 6.07) is 19.4. The average Bonchev–Trinajstić information content (AvgIpc) is 3.50. The van der Waals surface area contributed by atoms with Crippen LogP contribution in [0.2, 0.25) is 10.0 Å². The van der Waals surface area contributed by atoms with Gasteiger partial charge in [-0.05, 0) is 54.4 Å². The molecule has 0 saturated carbocycles. The second-order valence-electron chi connectivity index (χ2n) is 10.1. The van der Waals surface area contributed by atoms with E-state index in [1.165, 1.54) is 18.2 Å². The molecule has 5 rings (SSSR count). The molecule has 1 saturated heterocycles.